The fourth-order valence-corrected chi connectivity index (χ4v) is 3.16. The molecule has 0 aliphatic rings. The molecule has 0 fully saturated rings. The van der Waals surface area contributed by atoms with Crippen LogP contribution in [0, 0.1) is 11.6 Å². The van der Waals surface area contributed by atoms with E-state index in [4.69, 9.17) is 0 Å². The van der Waals surface area contributed by atoms with Gasteiger partial charge in [0.2, 0.25) is 0 Å². The molecule has 10 heteroatoms. The largest absolute Gasteiger partial charge is 0.344 e. The number of halogens is 4. The first-order chi connectivity index (χ1) is 15.2. The van der Waals surface area contributed by atoms with Gasteiger partial charge < -0.3 is 10.6 Å². The van der Waals surface area contributed by atoms with Crippen molar-refractivity contribution in [2.24, 2.45) is 0 Å². The Labute approximate surface area is 180 Å². The number of hydrogen-bond acceptors (Lipinski definition) is 4. The van der Waals surface area contributed by atoms with Gasteiger partial charge in [-0.1, -0.05) is 30.3 Å². The molecule has 0 saturated heterocycles. The second-order valence-corrected chi connectivity index (χ2v) is 7.06. The fourth-order valence-electron chi connectivity index (χ4n) is 3.16. The Bertz CT molecular complexity index is 1200. The second kappa shape index (κ2) is 9.31. The van der Waals surface area contributed by atoms with Crippen molar-refractivity contribution in [2.75, 3.05) is 13.6 Å². The van der Waals surface area contributed by atoms with Crippen molar-refractivity contribution in [1.29, 1.82) is 0 Å². The Morgan fingerprint density at radius 1 is 1.09 bits per heavy atom. The van der Waals surface area contributed by atoms with Crippen molar-refractivity contribution in [1.82, 2.24) is 20.4 Å². The van der Waals surface area contributed by atoms with E-state index in [0.717, 1.165) is 28.9 Å². The third-order valence-corrected chi connectivity index (χ3v) is 4.75. The minimum atomic E-state index is -3.45. The van der Waals surface area contributed by atoms with E-state index in [-0.39, 0.29) is 16.9 Å². The fraction of sp³-hybridized carbons (Fsp3) is 0.227. The zero-order chi connectivity index (χ0) is 23.5. The van der Waals surface area contributed by atoms with Crippen molar-refractivity contribution in [3.8, 4) is 5.69 Å². The van der Waals surface area contributed by atoms with Crippen LogP contribution in [0.1, 0.15) is 34.6 Å². The number of hydrogen-bond donors (Lipinski definition) is 2. The number of likely N-dealkylation sites (N-methyl/N-ethyl adjacent to an activating group) is 1. The Morgan fingerprint density at radius 2 is 1.81 bits per heavy atom. The first kappa shape index (κ1) is 23.1. The second-order valence-electron chi connectivity index (χ2n) is 7.06. The molecular formula is C22H20F4N4O2. The molecule has 32 heavy (non-hydrogen) atoms. The molecular weight excluding hydrogens is 428 g/mol. The predicted molar refractivity (Wildman–Crippen MR) is 110 cm³/mol. The maximum atomic E-state index is 14.8. The van der Waals surface area contributed by atoms with Crippen molar-refractivity contribution in [2.45, 2.75) is 18.9 Å². The maximum absolute atomic E-state index is 14.8. The van der Waals surface area contributed by atoms with E-state index in [1.807, 2.05) is 0 Å². The third-order valence-electron chi connectivity index (χ3n) is 4.75. The van der Waals surface area contributed by atoms with Gasteiger partial charge in [-0.25, -0.2) is 8.78 Å². The van der Waals surface area contributed by atoms with E-state index < -0.39 is 47.2 Å². The standard InChI is InChI=1S/C22H20F4N4O2/c1-13(14-6-5-7-15(20(14)24)22(25,26)12-27-2)28-21(32)17-10-11-19(31)30(29-17)18-9-4-3-8-16(18)23/h3-11,13,27H,12H2,1-2H3,(H,28,32)/t13-/m1/s1. The Kier molecular flexibility index (Phi) is 6.73. The summed E-state index contributed by atoms with van der Waals surface area (Å²) >= 11 is 0. The number of nitrogens with zero attached hydrogens (tertiary/aromatic N) is 2. The highest BCUT2D eigenvalue weighted by Crippen LogP contribution is 2.32. The Hall–Kier alpha value is -3.53. The molecule has 0 saturated carbocycles. The molecule has 0 spiro atoms. The van der Waals surface area contributed by atoms with Crippen LogP contribution in [-0.4, -0.2) is 29.3 Å². The van der Waals surface area contributed by atoms with E-state index in [0.29, 0.717) is 0 Å². The number of rotatable bonds is 7. The van der Waals surface area contributed by atoms with Crippen LogP contribution >= 0.6 is 0 Å². The minimum absolute atomic E-state index is 0.144. The van der Waals surface area contributed by atoms with Crippen LogP contribution in [0.4, 0.5) is 17.6 Å². The number of benzene rings is 2. The lowest BCUT2D eigenvalue weighted by Crippen LogP contribution is -2.32. The minimum Gasteiger partial charge on any atom is -0.344 e. The average Bonchev–Trinajstić information content (AvgIpc) is 2.74. The lowest BCUT2D eigenvalue weighted by Gasteiger charge is -2.21. The normalized spacial score (nSPS) is 12.4. The predicted octanol–water partition coefficient (Wildman–Crippen LogP) is 3.31. The topological polar surface area (TPSA) is 76.0 Å². The SMILES string of the molecule is CNCC(F)(F)c1cccc([C@@H](C)NC(=O)c2ccc(=O)n(-c3ccccc3F)n2)c1F. The summed E-state index contributed by atoms with van der Waals surface area (Å²) in [6.45, 7) is 0.665. The molecule has 1 heterocycles. The monoisotopic (exact) mass is 448 g/mol. The highest BCUT2D eigenvalue weighted by atomic mass is 19.3. The van der Waals surface area contributed by atoms with Gasteiger partial charge in [0.25, 0.3) is 17.4 Å². The zero-order valence-corrected chi connectivity index (χ0v) is 17.2. The number of carbonyl (C=O) groups is 1. The van der Waals surface area contributed by atoms with Gasteiger partial charge in [-0.15, -0.1) is 0 Å². The van der Waals surface area contributed by atoms with Crippen LogP contribution in [-0.2, 0) is 5.92 Å². The van der Waals surface area contributed by atoms with E-state index in [1.165, 1.54) is 44.3 Å². The van der Waals surface area contributed by atoms with Crippen LogP contribution in [0.5, 0.6) is 0 Å². The van der Waals surface area contributed by atoms with Gasteiger partial charge in [0.1, 0.15) is 23.0 Å². The first-order valence-electron chi connectivity index (χ1n) is 9.63. The molecule has 0 aliphatic carbocycles. The Morgan fingerprint density at radius 3 is 2.50 bits per heavy atom. The summed E-state index contributed by atoms with van der Waals surface area (Å²) in [4.78, 5) is 24.7. The van der Waals surface area contributed by atoms with E-state index in [2.05, 4.69) is 15.7 Å². The third kappa shape index (κ3) is 4.70. The quantitative estimate of drug-likeness (QED) is 0.544. The molecule has 6 nitrogen and oxygen atoms in total. The molecule has 3 aromatic rings. The molecule has 0 aliphatic heterocycles. The summed E-state index contributed by atoms with van der Waals surface area (Å²) in [5, 5.41) is 8.66. The van der Waals surface area contributed by atoms with Crippen LogP contribution in [0.25, 0.3) is 5.69 Å². The number of amides is 1. The van der Waals surface area contributed by atoms with Crippen LogP contribution in [0.3, 0.4) is 0 Å². The smallest absolute Gasteiger partial charge is 0.288 e. The molecule has 1 aromatic heterocycles. The number of para-hydroxylation sites is 1. The lowest BCUT2D eigenvalue weighted by molar-refractivity contribution is -0.00490. The number of aromatic nitrogens is 2. The van der Waals surface area contributed by atoms with Gasteiger partial charge in [-0.3, -0.25) is 9.59 Å². The maximum Gasteiger partial charge on any atom is 0.288 e. The van der Waals surface area contributed by atoms with Gasteiger partial charge in [-0.05, 0) is 32.2 Å². The lowest BCUT2D eigenvalue weighted by atomic mass is 10.00. The zero-order valence-electron chi connectivity index (χ0n) is 17.2. The van der Waals surface area contributed by atoms with E-state index in [1.54, 1.807) is 0 Å². The number of alkyl halides is 2. The summed E-state index contributed by atoms with van der Waals surface area (Å²) in [6.07, 6.45) is 0. The van der Waals surface area contributed by atoms with Crippen LogP contribution < -0.4 is 16.2 Å². The summed E-state index contributed by atoms with van der Waals surface area (Å²) in [5.41, 5.74) is -1.99. The van der Waals surface area contributed by atoms with Gasteiger partial charge in [0, 0.05) is 11.6 Å². The van der Waals surface area contributed by atoms with E-state index in [9.17, 15) is 27.2 Å². The van der Waals surface area contributed by atoms with Gasteiger partial charge in [0.15, 0.2) is 0 Å². The average molecular weight is 448 g/mol. The van der Waals surface area contributed by atoms with Gasteiger partial charge in [0.05, 0.1) is 18.2 Å². The molecule has 168 valence electrons. The molecule has 1 atom stereocenters. The molecule has 2 N–H and O–H groups in total. The summed E-state index contributed by atoms with van der Waals surface area (Å²) in [5.74, 6) is -6.09. The molecule has 0 unspecified atom stereocenters. The number of carbonyl (C=O) groups excluding carboxylic acids is 1. The van der Waals surface area contributed by atoms with Crippen molar-refractivity contribution < 1.29 is 22.4 Å². The van der Waals surface area contributed by atoms with Crippen molar-refractivity contribution >= 4 is 5.91 Å². The van der Waals surface area contributed by atoms with Gasteiger partial charge in [-0.2, -0.15) is 18.6 Å². The first-order valence-corrected chi connectivity index (χ1v) is 9.63. The highest BCUT2D eigenvalue weighted by Gasteiger charge is 2.35. The summed E-state index contributed by atoms with van der Waals surface area (Å²) < 4.78 is 58.0. The summed E-state index contributed by atoms with van der Waals surface area (Å²) in [7, 11) is 1.33. The molecule has 1 amide bonds. The van der Waals surface area contributed by atoms with Gasteiger partial charge >= 0.3 is 0 Å². The molecule has 0 radical (unpaired) electrons. The summed E-state index contributed by atoms with van der Waals surface area (Å²) in [6, 6.07) is 10.1. The van der Waals surface area contributed by atoms with E-state index >= 15 is 0 Å². The molecule has 2 aromatic carbocycles. The van der Waals surface area contributed by atoms with Crippen LogP contribution in [0.2, 0.25) is 0 Å². The van der Waals surface area contributed by atoms with Crippen molar-refractivity contribution in [3.63, 3.8) is 0 Å². The number of nitrogens with one attached hydrogen (secondary N) is 2. The Balaban J connectivity index is 1.88. The molecule has 3 rings (SSSR count). The van der Waals surface area contributed by atoms with Crippen LogP contribution in [0.15, 0.2) is 59.4 Å². The molecule has 0 bridgehead atoms. The highest BCUT2D eigenvalue weighted by molar-refractivity contribution is 5.92. The van der Waals surface area contributed by atoms with Crippen molar-refractivity contribution in [3.05, 3.63) is 93.4 Å².